The van der Waals surface area contributed by atoms with E-state index in [0.29, 0.717) is 29.4 Å². The smallest absolute Gasteiger partial charge is 0.233 e. The van der Waals surface area contributed by atoms with Crippen LogP contribution < -0.4 is 4.90 Å². The number of aromatic nitrogens is 2. The van der Waals surface area contributed by atoms with E-state index in [1.807, 2.05) is 23.1 Å². The standard InChI is InChI=1S/C17H17N5OS/c18-12-14-4-3-7-20-17(14)24-13-16(23)22-10-8-21(9-11-22)15-5-1-2-6-19-15/h1-7H,8-11,13H2. The molecule has 1 aliphatic heterocycles. The number of rotatable bonds is 4. The van der Waals surface area contributed by atoms with Crippen LogP contribution in [0.5, 0.6) is 0 Å². The number of hydrogen-bond donors (Lipinski definition) is 0. The van der Waals surface area contributed by atoms with Crippen LogP contribution in [0, 0.1) is 11.3 Å². The van der Waals surface area contributed by atoms with Gasteiger partial charge in [0.2, 0.25) is 5.91 Å². The number of piperazine rings is 1. The summed E-state index contributed by atoms with van der Waals surface area (Å²) in [5.41, 5.74) is 0.510. The van der Waals surface area contributed by atoms with Gasteiger partial charge in [0.05, 0.1) is 11.3 Å². The maximum absolute atomic E-state index is 12.4. The minimum absolute atomic E-state index is 0.0789. The third-order valence-corrected chi connectivity index (χ3v) is 4.82. The van der Waals surface area contributed by atoms with E-state index in [1.54, 1.807) is 24.5 Å². The van der Waals surface area contributed by atoms with Gasteiger partial charge in [-0.2, -0.15) is 5.26 Å². The molecule has 1 aliphatic rings. The van der Waals surface area contributed by atoms with Crippen LogP contribution in [0.2, 0.25) is 0 Å². The van der Waals surface area contributed by atoms with Crippen molar-refractivity contribution >= 4 is 23.5 Å². The molecule has 0 N–H and O–H groups in total. The van der Waals surface area contributed by atoms with E-state index < -0.39 is 0 Å². The first-order chi connectivity index (χ1) is 11.8. The van der Waals surface area contributed by atoms with Crippen molar-refractivity contribution in [1.29, 1.82) is 5.26 Å². The second-order valence-electron chi connectivity index (χ2n) is 5.31. The number of carbonyl (C=O) groups is 1. The molecule has 3 rings (SSSR count). The zero-order chi connectivity index (χ0) is 16.8. The predicted molar refractivity (Wildman–Crippen MR) is 92.7 cm³/mol. The highest BCUT2D eigenvalue weighted by atomic mass is 32.2. The van der Waals surface area contributed by atoms with E-state index in [0.717, 1.165) is 18.9 Å². The Labute approximate surface area is 145 Å². The van der Waals surface area contributed by atoms with Gasteiger partial charge in [0, 0.05) is 38.6 Å². The second kappa shape index (κ2) is 7.79. The van der Waals surface area contributed by atoms with Crippen molar-refractivity contribution in [3.63, 3.8) is 0 Å². The first-order valence-corrected chi connectivity index (χ1v) is 8.68. The maximum atomic E-state index is 12.4. The van der Waals surface area contributed by atoms with Gasteiger partial charge >= 0.3 is 0 Å². The lowest BCUT2D eigenvalue weighted by atomic mass is 10.3. The lowest BCUT2D eigenvalue weighted by molar-refractivity contribution is -0.128. The molecule has 0 spiro atoms. The van der Waals surface area contributed by atoms with Gasteiger partial charge in [-0.05, 0) is 24.3 Å². The number of nitriles is 1. The maximum Gasteiger partial charge on any atom is 0.233 e. The molecule has 1 amide bonds. The zero-order valence-electron chi connectivity index (χ0n) is 13.1. The number of thioether (sulfide) groups is 1. The summed E-state index contributed by atoms with van der Waals surface area (Å²) in [5.74, 6) is 1.33. The zero-order valence-corrected chi connectivity index (χ0v) is 13.9. The van der Waals surface area contributed by atoms with Gasteiger partial charge in [0.15, 0.2) is 0 Å². The molecule has 0 aliphatic carbocycles. The first-order valence-electron chi connectivity index (χ1n) is 7.69. The normalized spacial score (nSPS) is 14.3. The number of carbonyl (C=O) groups excluding carboxylic acids is 1. The van der Waals surface area contributed by atoms with Crippen molar-refractivity contribution in [2.45, 2.75) is 5.03 Å². The summed E-state index contributed by atoms with van der Waals surface area (Å²) in [7, 11) is 0. The highest BCUT2D eigenvalue weighted by Gasteiger charge is 2.22. The molecule has 122 valence electrons. The Morgan fingerprint density at radius 1 is 1.12 bits per heavy atom. The molecule has 1 fully saturated rings. The van der Waals surface area contributed by atoms with E-state index in [2.05, 4.69) is 20.9 Å². The van der Waals surface area contributed by atoms with Crippen molar-refractivity contribution < 1.29 is 4.79 Å². The summed E-state index contributed by atoms with van der Waals surface area (Å²) in [6.45, 7) is 2.92. The fourth-order valence-corrected chi connectivity index (χ4v) is 3.39. The molecule has 1 saturated heterocycles. The van der Waals surface area contributed by atoms with Gasteiger partial charge in [0.1, 0.15) is 16.9 Å². The molecule has 0 unspecified atom stereocenters. The third kappa shape index (κ3) is 3.84. The van der Waals surface area contributed by atoms with Crippen LogP contribution in [0.15, 0.2) is 47.8 Å². The average molecular weight is 339 g/mol. The monoisotopic (exact) mass is 339 g/mol. The predicted octanol–water partition coefficient (Wildman–Crippen LogP) is 1.79. The van der Waals surface area contributed by atoms with Crippen LogP contribution in [0.4, 0.5) is 5.82 Å². The molecule has 0 aromatic carbocycles. The topological polar surface area (TPSA) is 73.1 Å². The molecule has 0 saturated carbocycles. The summed E-state index contributed by atoms with van der Waals surface area (Å²) >= 11 is 1.32. The number of anilines is 1. The van der Waals surface area contributed by atoms with Crippen LogP contribution in [-0.2, 0) is 4.79 Å². The molecular weight excluding hydrogens is 322 g/mol. The van der Waals surface area contributed by atoms with Crippen molar-refractivity contribution in [1.82, 2.24) is 14.9 Å². The van der Waals surface area contributed by atoms with E-state index in [-0.39, 0.29) is 5.91 Å². The van der Waals surface area contributed by atoms with Gasteiger partial charge in [-0.25, -0.2) is 9.97 Å². The molecule has 7 heteroatoms. The molecule has 2 aromatic heterocycles. The largest absolute Gasteiger partial charge is 0.353 e. The molecule has 2 aromatic rings. The summed E-state index contributed by atoms with van der Waals surface area (Å²) in [6, 6.07) is 11.4. The lowest BCUT2D eigenvalue weighted by Crippen LogP contribution is -2.49. The number of pyridine rings is 2. The second-order valence-corrected chi connectivity index (χ2v) is 6.28. The SMILES string of the molecule is N#Cc1cccnc1SCC(=O)N1CCN(c2ccccn2)CC1. The minimum Gasteiger partial charge on any atom is -0.353 e. The van der Waals surface area contributed by atoms with Gasteiger partial charge < -0.3 is 9.80 Å². The van der Waals surface area contributed by atoms with Gasteiger partial charge in [-0.3, -0.25) is 4.79 Å². The Morgan fingerprint density at radius 3 is 2.62 bits per heavy atom. The highest BCUT2D eigenvalue weighted by molar-refractivity contribution is 7.99. The van der Waals surface area contributed by atoms with Crippen LogP contribution in [0.3, 0.4) is 0 Å². The number of amides is 1. The molecule has 0 bridgehead atoms. The van der Waals surface area contributed by atoms with Crippen LogP contribution in [0.25, 0.3) is 0 Å². The Kier molecular flexibility index (Phi) is 5.29. The Hall–Kier alpha value is -2.59. The summed E-state index contributed by atoms with van der Waals surface area (Å²) in [5, 5.41) is 9.67. The Morgan fingerprint density at radius 2 is 1.92 bits per heavy atom. The van der Waals surface area contributed by atoms with Crippen LogP contribution in [0.1, 0.15) is 5.56 Å². The van der Waals surface area contributed by atoms with Crippen LogP contribution in [-0.4, -0.2) is 52.7 Å². The molecule has 0 radical (unpaired) electrons. The fraction of sp³-hybridized carbons (Fsp3) is 0.294. The summed E-state index contributed by atoms with van der Waals surface area (Å²) in [6.07, 6.45) is 3.42. The Balaban J connectivity index is 1.51. The van der Waals surface area contributed by atoms with Gasteiger partial charge in [-0.15, -0.1) is 0 Å². The van der Waals surface area contributed by atoms with Crippen molar-refractivity contribution in [2.24, 2.45) is 0 Å². The van der Waals surface area contributed by atoms with Crippen molar-refractivity contribution in [2.75, 3.05) is 36.8 Å². The number of nitrogens with zero attached hydrogens (tertiary/aromatic N) is 5. The van der Waals surface area contributed by atoms with E-state index in [1.165, 1.54) is 11.8 Å². The minimum atomic E-state index is 0.0789. The van der Waals surface area contributed by atoms with E-state index >= 15 is 0 Å². The van der Waals surface area contributed by atoms with Crippen molar-refractivity contribution in [3.05, 3.63) is 48.3 Å². The van der Waals surface area contributed by atoms with Crippen LogP contribution >= 0.6 is 11.8 Å². The highest BCUT2D eigenvalue weighted by Crippen LogP contribution is 2.20. The van der Waals surface area contributed by atoms with E-state index in [4.69, 9.17) is 5.26 Å². The average Bonchev–Trinajstić information content (AvgIpc) is 2.67. The van der Waals surface area contributed by atoms with E-state index in [9.17, 15) is 4.79 Å². The van der Waals surface area contributed by atoms with Gasteiger partial charge in [0.25, 0.3) is 0 Å². The molecule has 3 heterocycles. The fourth-order valence-electron chi connectivity index (χ4n) is 2.54. The summed E-state index contributed by atoms with van der Waals surface area (Å²) in [4.78, 5) is 24.9. The third-order valence-electron chi connectivity index (χ3n) is 3.83. The quantitative estimate of drug-likeness (QED) is 0.791. The summed E-state index contributed by atoms with van der Waals surface area (Å²) < 4.78 is 0. The Bertz CT molecular complexity index is 738. The van der Waals surface area contributed by atoms with Gasteiger partial charge in [-0.1, -0.05) is 17.8 Å². The lowest BCUT2D eigenvalue weighted by Gasteiger charge is -2.35. The number of hydrogen-bond acceptors (Lipinski definition) is 6. The molecule has 6 nitrogen and oxygen atoms in total. The molecule has 0 atom stereocenters. The molecule has 24 heavy (non-hydrogen) atoms. The first kappa shape index (κ1) is 16.3. The molecular formula is C17H17N5OS. The van der Waals surface area contributed by atoms with Crippen molar-refractivity contribution in [3.8, 4) is 6.07 Å².